The fourth-order valence-corrected chi connectivity index (χ4v) is 5.61. The zero-order chi connectivity index (χ0) is 18.3. The normalized spacial score (nSPS) is 15.1. The Morgan fingerprint density at radius 2 is 1.37 bits per heavy atom. The number of hydrogen-bond acceptors (Lipinski definition) is 3. The molecule has 0 amide bonds. The van der Waals surface area contributed by atoms with E-state index < -0.39 is 0 Å². The molecule has 0 bridgehead atoms. The molecule has 4 rings (SSSR count). The highest BCUT2D eigenvalue weighted by atomic mass is 32.2. The molecule has 1 saturated carbocycles. The molecule has 0 atom stereocenters. The van der Waals surface area contributed by atoms with E-state index in [1.165, 1.54) is 53.2 Å². The average molecular weight is 395 g/mol. The van der Waals surface area contributed by atoms with Gasteiger partial charge in [-0.05, 0) is 24.0 Å². The molecule has 1 heterocycles. The summed E-state index contributed by atoms with van der Waals surface area (Å²) in [7, 11) is 0. The van der Waals surface area contributed by atoms with E-state index in [2.05, 4.69) is 71.5 Å². The molecule has 0 N–H and O–H groups in total. The predicted molar refractivity (Wildman–Crippen MR) is 116 cm³/mol. The first-order valence-corrected chi connectivity index (χ1v) is 11.8. The number of benzene rings is 2. The van der Waals surface area contributed by atoms with Crippen molar-refractivity contribution in [3.63, 3.8) is 0 Å². The molecule has 1 aliphatic carbocycles. The van der Waals surface area contributed by atoms with Gasteiger partial charge in [-0.1, -0.05) is 91.7 Å². The lowest BCUT2D eigenvalue weighted by molar-refractivity contribution is 0.326. The van der Waals surface area contributed by atoms with Gasteiger partial charge in [0.15, 0.2) is 0 Å². The van der Waals surface area contributed by atoms with Gasteiger partial charge >= 0.3 is 0 Å². The zero-order valence-electron chi connectivity index (χ0n) is 15.6. The van der Waals surface area contributed by atoms with E-state index in [0.717, 1.165) is 11.5 Å². The molecule has 0 radical (unpaired) electrons. The highest BCUT2D eigenvalue weighted by molar-refractivity contribution is 8.01. The summed E-state index contributed by atoms with van der Waals surface area (Å²) >= 11 is 3.78. The minimum absolute atomic E-state index is 0.584. The van der Waals surface area contributed by atoms with Crippen molar-refractivity contribution in [3.05, 3.63) is 78.0 Å². The molecule has 2 aromatic carbocycles. The first-order chi connectivity index (χ1) is 13.4. The van der Waals surface area contributed by atoms with E-state index in [-0.39, 0.29) is 0 Å². The van der Waals surface area contributed by atoms with Crippen LogP contribution in [0.3, 0.4) is 0 Å². The summed E-state index contributed by atoms with van der Waals surface area (Å²) in [5.41, 5.74) is 2.72. The largest absolute Gasteiger partial charge is 0.267 e. The van der Waals surface area contributed by atoms with Crippen molar-refractivity contribution in [2.24, 2.45) is 0 Å². The lowest BCUT2D eigenvalue weighted by Crippen LogP contribution is -2.13. The van der Waals surface area contributed by atoms with Crippen LogP contribution in [-0.2, 0) is 11.5 Å². The smallest absolute Gasteiger partial charge is 0.132 e. The van der Waals surface area contributed by atoms with E-state index in [1.54, 1.807) is 0 Å². The van der Waals surface area contributed by atoms with Crippen LogP contribution in [0.4, 0.5) is 0 Å². The minimum atomic E-state index is 0.584. The third-order valence-electron chi connectivity index (χ3n) is 5.07. The lowest BCUT2D eigenvalue weighted by atomic mass is 9.96. The molecule has 3 aromatic rings. The molecule has 140 valence electrons. The van der Waals surface area contributed by atoms with E-state index in [0.29, 0.717) is 6.04 Å². The average Bonchev–Trinajstić information content (AvgIpc) is 3.16. The van der Waals surface area contributed by atoms with Crippen LogP contribution in [0.25, 0.3) is 0 Å². The van der Waals surface area contributed by atoms with Crippen LogP contribution in [-0.4, -0.2) is 9.78 Å². The number of rotatable bonds is 7. The molecule has 0 spiro atoms. The maximum atomic E-state index is 5.02. The highest BCUT2D eigenvalue weighted by Gasteiger charge is 2.19. The Balaban J connectivity index is 1.50. The second-order valence-corrected chi connectivity index (χ2v) is 9.10. The maximum Gasteiger partial charge on any atom is 0.132 e. The highest BCUT2D eigenvalue weighted by Crippen LogP contribution is 2.36. The van der Waals surface area contributed by atoms with Gasteiger partial charge in [0.2, 0.25) is 0 Å². The molecule has 2 nitrogen and oxygen atoms in total. The van der Waals surface area contributed by atoms with Gasteiger partial charge in [0.1, 0.15) is 5.03 Å². The SMILES string of the molecule is c1ccc(CSc2cn(C3CCCCC3)nc2SCc2ccccc2)cc1. The van der Waals surface area contributed by atoms with Gasteiger partial charge in [0, 0.05) is 17.7 Å². The van der Waals surface area contributed by atoms with Crippen molar-refractivity contribution in [1.29, 1.82) is 0 Å². The van der Waals surface area contributed by atoms with Crippen molar-refractivity contribution in [2.45, 2.75) is 59.6 Å². The van der Waals surface area contributed by atoms with Crippen molar-refractivity contribution in [2.75, 3.05) is 0 Å². The van der Waals surface area contributed by atoms with Crippen LogP contribution >= 0.6 is 23.5 Å². The van der Waals surface area contributed by atoms with Crippen LogP contribution in [0, 0.1) is 0 Å². The monoisotopic (exact) mass is 394 g/mol. The minimum Gasteiger partial charge on any atom is -0.267 e. The third-order valence-corrected chi connectivity index (χ3v) is 7.34. The molecule has 1 aromatic heterocycles. The number of hydrogen-bond donors (Lipinski definition) is 0. The van der Waals surface area contributed by atoms with Crippen molar-refractivity contribution < 1.29 is 0 Å². The Bertz CT molecular complexity index is 763. The molecule has 27 heavy (non-hydrogen) atoms. The number of thioether (sulfide) groups is 2. The van der Waals surface area contributed by atoms with Crippen molar-refractivity contribution >= 4 is 23.5 Å². The van der Waals surface area contributed by atoms with E-state index in [1.807, 2.05) is 23.5 Å². The second-order valence-electron chi connectivity index (χ2n) is 7.12. The van der Waals surface area contributed by atoms with Gasteiger partial charge in [-0.2, -0.15) is 5.10 Å². The van der Waals surface area contributed by atoms with Gasteiger partial charge in [-0.25, -0.2) is 0 Å². The summed E-state index contributed by atoms with van der Waals surface area (Å²) in [4.78, 5) is 1.32. The standard InChI is InChI=1S/C23H26N2S2/c1-4-10-19(11-5-1)17-26-22-16-25(21-14-8-3-9-15-21)24-23(22)27-18-20-12-6-2-7-13-20/h1-2,4-7,10-13,16,21H,3,8-9,14-15,17-18H2. The third kappa shape index (κ3) is 5.20. The number of aromatic nitrogens is 2. The van der Waals surface area contributed by atoms with Crippen LogP contribution in [0.1, 0.15) is 49.3 Å². The van der Waals surface area contributed by atoms with E-state index in [4.69, 9.17) is 5.10 Å². The Labute approximate surface area is 170 Å². The van der Waals surface area contributed by atoms with Gasteiger partial charge in [0.25, 0.3) is 0 Å². The van der Waals surface area contributed by atoms with Crippen LogP contribution in [0.5, 0.6) is 0 Å². The molecule has 0 unspecified atom stereocenters. The second kappa shape index (κ2) is 9.52. The molecule has 4 heteroatoms. The molecular formula is C23H26N2S2. The molecule has 0 aliphatic heterocycles. The Kier molecular flexibility index (Phi) is 6.59. The Morgan fingerprint density at radius 3 is 2.00 bits per heavy atom. The van der Waals surface area contributed by atoms with Crippen LogP contribution in [0.15, 0.2) is 76.8 Å². The fraction of sp³-hybridized carbons (Fsp3) is 0.348. The lowest BCUT2D eigenvalue weighted by Gasteiger charge is -2.21. The summed E-state index contributed by atoms with van der Waals surface area (Å²) in [5, 5.41) is 6.21. The summed E-state index contributed by atoms with van der Waals surface area (Å²) in [6.07, 6.45) is 8.90. The van der Waals surface area contributed by atoms with Gasteiger partial charge in [-0.15, -0.1) is 11.8 Å². The quantitative estimate of drug-likeness (QED) is 0.403. The molecule has 1 aliphatic rings. The Hall–Kier alpha value is -1.65. The van der Waals surface area contributed by atoms with Gasteiger partial charge < -0.3 is 0 Å². The van der Waals surface area contributed by atoms with Crippen LogP contribution in [0.2, 0.25) is 0 Å². The zero-order valence-corrected chi connectivity index (χ0v) is 17.2. The maximum absolute atomic E-state index is 5.02. The fourth-order valence-electron chi connectivity index (χ4n) is 3.55. The van der Waals surface area contributed by atoms with Crippen molar-refractivity contribution in [1.82, 2.24) is 9.78 Å². The van der Waals surface area contributed by atoms with Crippen LogP contribution < -0.4 is 0 Å². The first kappa shape index (κ1) is 18.7. The van der Waals surface area contributed by atoms with Gasteiger partial charge in [-0.3, -0.25) is 4.68 Å². The van der Waals surface area contributed by atoms with E-state index >= 15 is 0 Å². The van der Waals surface area contributed by atoms with E-state index in [9.17, 15) is 0 Å². The summed E-state index contributed by atoms with van der Waals surface area (Å²) in [6.45, 7) is 0. The molecular weight excluding hydrogens is 368 g/mol. The first-order valence-electron chi connectivity index (χ1n) is 9.81. The summed E-state index contributed by atoms with van der Waals surface area (Å²) < 4.78 is 2.26. The van der Waals surface area contributed by atoms with Crippen molar-refractivity contribution in [3.8, 4) is 0 Å². The summed E-state index contributed by atoms with van der Waals surface area (Å²) in [5.74, 6) is 1.97. The van der Waals surface area contributed by atoms with Gasteiger partial charge in [0.05, 0.1) is 10.9 Å². The molecule has 1 fully saturated rings. The topological polar surface area (TPSA) is 17.8 Å². The summed E-state index contributed by atoms with van der Waals surface area (Å²) in [6, 6.07) is 22.0. The Morgan fingerprint density at radius 1 is 0.778 bits per heavy atom. The predicted octanol–water partition coefficient (Wildman–Crippen LogP) is 6.97. The number of nitrogens with zero attached hydrogens (tertiary/aromatic N) is 2. The molecule has 0 saturated heterocycles.